The molecule has 32 heavy (non-hydrogen) atoms. The van der Waals surface area contributed by atoms with Gasteiger partial charge >= 0.3 is 0 Å². The Labute approximate surface area is 191 Å². The van der Waals surface area contributed by atoms with Crippen molar-refractivity contribution < 1.29 is 0 Å². The molecule has 5 aromatic rings. The van der Waals surface area contributed by atoms with Crippen molar-refractivity contribution in [3.8, 4) is 39.5 Å². The Morgan fingerprint density at radius 1 is 0.594 bits per heavy atom. The average molecular weight is 435 g/mol. The Bertz CT molecular complexity index is 1410. The van der Waals surface area contributed by atoms with Crippen LogP contribution in [0.4, 0.5) is 0 Å². The molecule has 0 aliphatic heterocycles. The molecule has 0 unspecified atom stereocenters. The molecule has 0 radical (unpaired) electrons. The first-order valence-electron chi connectivity index (χ1n) is 10.3. The van der Waals surface area contributed by atoms with Crippen LogP contribution in [0, 0.1) is 0 Å². The van der Waals surface area contributed by atoms with Gasteiger partial charge in [-0.25, -0.2) is 0 Å². The average Bonchev–Trinajstić information content (AvgIpc) is 2.85. The molecule has 0 fully saturated rings. The Hall–Kier alpha value is -3.95. The van der Waals surface area contributed by atoms with Crippen LogP contribution in [0.5, 0.6) is 0 Å². The first-order valence-corrected chi connectivity index (χ1v) is 10.7. The molecule has 1 heterocycles. The molecule has 0 aliphatic rings. The van der Waals surface area contributed by atoms with Gasteiger partial charge in [-0.15, -0.1) is 0 Å². The fourth-order valence-electron chi connectivity index (χ4n) is 3.88. The van der Waals surface area contributed by atoms with E-state index in [9.17, 15) is 4.79 Å². The van der Waals surface area contributed by atoms with Crippen LogP contribution in [-0.4, -0.2) is 9.55 Å². The van der Waals surface area contributed by atoms with Gasteiger partial charge in [-0.1, -0.05) is 90.5 Å². The van der Waals surface area contributed by atoms with Gasteiger partial charge in [0.15, 0.2) is 0 Å². The number of rotatable bonds is 4. The normalized spacial score (nSPS) is 10.8. The van der Waals surface area contributed by atoms with Crippen LogP contribution < -0.4 is 5.56 Å². The first kappa shape index (κ1) is 20.0. The zero-order valence-corrected chi connectivity index (χ0v) is 17.9. The lowest BCUT2D eigenvalue weighted by Gasteiger charge is -2.21. The van der Waals surface area contributed by atoms with Gasteiger partial charge in [-0.2, -0.15) is 4.98 Å². The molecular formula is C28H19ClN2O. The molecule has 4 aromatic carbocycles. The number of benzene rings is 4. The highest BCUT2D eigenvalue weighted by atomic mass is 35.5. The van der Waals surface area contributed by atoms with Crippen molar-refractivity contribution >= 4 is 11.6 Å². The Balaban J connectivity index is 1.95. The van der Waals surface area contributed by atoms with Gasteiger partial charge in [0.25, 0.3) is 5.56 Å². The van der Waals surface area contributed by atoms with Crippen LogP contribution in [-0.2, 0) is 0 Å². The molecule has 0 N–H and O–H groups in total. The van der Waals surface area contributed by atoms with E-state index in [4.69, 9.17) is 11.6 Å². The van der Waals surface area contributed by atoms with E-state index in [2.05, 4.69) is 9.55 Å². The largest absolute Gasteiger partial charge is 0.293 e. The summed E-state index contributed by atoms with van der Waals surface area (Å²) in [4.78, 5) is 18.1. The number of halogens is 1. The van der Waals surface area contributed by atoms with Crippen molar-refractivity contribution in [1.29, 1.82) is 0 Å². The van der Waals surface area contributed by atoms with E-state index in [0.717, 1.165) is 28.1 Å². The van der Waals surface area contributed by atoms with Crippen LogP contribution in [0.2, 0.25) is 5.02 Å². The minimum atomic E-state index is -0.271. The van der Waals surface area contributed by atoms with E-state index < -0.39 is 0 Å². The van der Waals surface area contributed by atoms with Crippen LogP contribution in [0.15, 0.2) is 120 Å². The quantitative estimate of drug-likeness (QED) is 0.309. The smallest absolute Gasteiger partial charge is 0.281 e. The predicted octanol–water partition coefficient (Wildman–Crippen LogP) is 6.89. The zero-order valence-electron chi connectivity index (χ0n) is 17.2. The molecule has 5 rings (SSSR count). The maximum absolute atomic E-state index is 13.5. The van der Waals surface area contributed by atoms with E-state index in [1.165, 1.54) is 0 Å². The molecule has 0 atom stereocenters. The topological polar surface area (TPSA) is 34.9 Å². The van der Waals surface area contributed by atoms with Gasteiger partial charge in [0.2, 0.25) is 0 Å². The number of aromatic nitrogens is 2. The minimum absolute atomic E-state index is 0.271. The molecule has 0 bridgehead atoms. The van der Waals surface area contributed by atoms with Gasteiger partial charge in [-0.3, -0.25) is 9.36 Å². The van der Waals surface area contributed by atoms with E-state index in [0.29, 0.717) is 16.4 Å². The second-order valence-electron chi connectivity index (χ2n) is 7.37. The summed E-state index contributed by atoms with van der Waals surface area (Å²) in [6.45, 7) is 0. The Morgan fingerprint density at radius 2 is 1.12 bits per heavy atom. The summed E-state index contributed by atoms with van der Waals surface area (Å²) in [5, 5.41) is 0.631. The third kappa shape index (κ3) is 3.75. The highest BCUT2D eigenvalue weighted by Gasteiger charge is 2.22. The standard InChI is InChI=1S/C28H19ClN2O/c29-23-18-16-22(17-19-23)27-30-28(32)25(20-10-4-1-5-11-20)26(21-12-6-2-7-13-21)31(27)24-14-8-3-9-15-24/h1-19H. The van der Waals surface area contributed by atoms with Crippen LogP contribution in [0.3, 0.4) is 0 Å². The summed E-state index contributed by atoms with van der Waals surface area (Å²) in [6, 6.07) is 37.1. The Kier molecular flexibility index (Phi) is 5.40. The third-order valence-electron chi connectivity index (χ3n) is 5.32. The first-order chi connectivity index (χ1) is 15.7. The number of hydrogen-bond donors (Lipinski definition) is 0. The second-order valence-corrected chi connectivity index (χ2v) is 7.81. The summed E-state index contributed by atoms with van der Waals surface area (Å²) < 4.78 is 2.06. The SMILES string of the molecule is O=c1nc(-c2ccc(Cl)cc2)n(-c2ccccc2)c(-c2ccccc2)c1-c1ccccc1. The summed E-state index contributed by atoms with van der Waals surface area (Å²) >= 11 is 6.13. The van der Waals surface area contributed by atoms with Crippen molar-refractivity contribution in [2.24, 2.45) is 0 Å². The van der Waals surface area contributed by atoms with Gasteiger partial charge in [0, 0.05) is 16.3 Å². The van der Waals surface area contributed by atoms with Crippen LogP contribution in [0.1, 0.15) is 0 Å². The van der Waals surface area contributed by atoms with Gasteiger partial charge in [0.05, 0.1) is 11.3 Å². The van der Waals surface area contributed by atoms with Crippen molar-refractivity contribution in [2.45, 2.75) is 0 Å². The molecule has 0 amide bonds. The van der Waals surface area contributed by atoms with Gasteiger partial charge < -0.3 is 0 Å². The molecule has 0 spiro atoms. The summed E-state index contributed by atoms with van der Waals surface area (Å²) in [5.41, 5.74) is 4.59. The lowest BCUT2D eigenvalue weighted by atomic mass is 9.99. The molecule has 0 saturated heterocycles. The van der Waals surface area contributed by atoms with E-state index >= 15 is 0 Å². The zero-order chi connectivity index (χ0) is 21.9. The van der Waals surface area contributed by atoms with Crippen LogP contribution >= 0.6 is 11.6 Å². The van der Waals surface area contributed by atoms with Crippen molar-refractivity contribution in [3.63, 3.8) is 0 Å². The van der Waals surface area contributed by atoms with E-state index in [-0.39, 0.29) is 5.56 Å². The van der Waals surface area contributed by atoms with Crippen LogP contribution in [0.25, 0.3) is 39.5 Å². The molecule has 4 heteroatoms. The molecule has 3 nitrogen and oxygen atoms in total. The number of hydrogen-bond acceptors (Lipinski definition) is 2. The summed E-state index contributed by atoms with van der Waals surface area (Å²) in [5.74, 6) is 0.566. The summed E-state index contributed by atoms with van der Waals surface area (Å²) in [6.07, 6.45) is 0. The fraction of sp³-hybridized carbons (Fsp3) is 0. The highest BCUT2D eigenvalue weighted by Crippen LogP contribution is 2.35. The third-order valence-corrected chi connectivity index (χ3v) is 5.57. The van der Waals surface area contributed by atoms with E-state index in [1.54, 1.807) is 0 Å². The second kappa shape index (κ2) is 8.66. The van der Waals surface area contributed by atoms with Crippen molar-refractivity contribution in [3.05, 3.63) is 131 Å². The predicted molar refractivity (Wildman–Crippen MR) is 131 cm³/mol. The number of nitrogens with zero attached hydrogens (tertiary/aromatic N) is 2. The maximum Gasteiger partial charge on any atom is 0.281 e. The van der Waals surface area contributed by atoms with Crippen molar-refractivity contribution in [2.75, 3.05) is 0 Å². The van der Waals surface area contributed by atoms with Crippen molar-refractivity contribution in [1.82, 2.24) is 9.55 Å². The molecule has 154 valence electrons. The van der Waals surface area contributed by atoms with E-state index in [1.807, 2.05) is 115 Å². The highest BCUT2D eigenvalue weighted by molar-refractivity contribution is 6.30. The molecule has 1 aromatic heterocycles. The molecule has 0 saturated carbocycles. The number of para-hydroxylation sites is 1. The summed E-state index contributed by atoms with van der Waals surface area (Å²) in [7, 11) is 0. The van der Waals surface area contributed by atoms with Gasteiger partial charge in [0.1, 0.15) is 5.82 Å². The molecule has 0 aliphatic carbocycles. The fourth-order valence-corrected chi connectivity index (χ4v) is 4.00. The van der Waals surface area contributed by atoms with Gasteiger partial charge in [-0.05, 0) is 47.5 Å². The molecular weight excluding hydrogens is 416 g/mol. The Morgan fingerprint density at radius 3 is 1.72 bits per heavy atom. The monoisotopic (exact) mass is 434 g/mol. The lowest BCUT2D eigenvalue weighted by molar-refractivity contribution is 0.988. The maximum atomic E-state index is 13.5. The minimum Gasteiger partial charge on any atom is -0.293 e. The lowest BCUT2D eigenvalue weighted by Crippen LogP contribution is -2.19.